The fourth-order valence-corrected chi connectivity index (χ4v) is 2.01. The highest BCUT2D eigenvalue weighted by Crippen LogP contribution is 2.20. The first kappa shape index (κ1) is 12.3. The van der Waals surface area contributed by atoms with Crippen LogP contribution in [0.3, 0.4) is 0 Å². The maximum absolute atomic E-state index is 5.84. The number of pyridine rings is 1. The Bertz CT molecular complexity index is 340. The third-order valence-electron chi connectivity index (χ3n) is 2.95. The number of nitrogens with zero attached hydrogens (tertiary/aromatic N) is 1. The zero-order valence-corrected chi connectivity index (χ0v) is 10.5. The highest BCUT2D eigenvalue weighted by molar-refractivity contribution is 5.19. The van der Waals surface area contributed by atoms with Crippen LogP contribution in [-0.4, -0.2) is 37.4 Å². The number of likely N-dealkylation sites (N-methyl/N-ethyl adjacent to an activating group) is 1. The largest absolute Gasteiger partial charge is 0.489 e. The second-order valence-electron chi connectivity index (χ2n) is 4.46. The number of hydrogen-bond donors (Lipinski definition) is 1. The molecule has 0 saturated carbocycles. The summed E-state index contributed by atoms with van der Waals surface area (Å²) in [5.41, 5.74) is 1.00. The molecule has 2 atom stereocenters. The fourth-order valence-electron chi connectivity index (χ4n) is 2.01. The third kappa shape index (κ3) is 3.68. The van der Waals surface area contributed by atoms with E-state index in [0.29, 0.717) is 12.7 Å². The van der Waals surface area contributed by atoms with Crippen molar-refractivity contribution in [2.24, 2.45) is 0 Å². The van der Waals surface area contributed by atoms with Crippen LogP contribution < -0.4 is 10.1 Å². The first-order valence-electron chi connectivity index (χ1n) is 6.13. The molecule has 2 heterocycles. The molecule has 17 heavy (non-hydrogen) atoms. The molecule has 1 fully saturated rings. The summed E-state index contributed by atoms with van der Waals surface area (Å²) in [6.45, 7) is 3.50. The van der Waals surface area contributed by atoms with Gasteiger partial charge in [-0.3, -0.25) is 4.98 Å². The minimum atomic E-state index is 0.217. The summed E-state index contributed by atoms with van der Waals surface area (Å²) in [5.74, 6) is 0.816. The lowest BCUT2D eigenvalue weighted by molar-refractivity contribution is 0.0193. The van der Waals surface area contributed by atoms with Gasteiger partial charge in [0.15, 0.2) is 0 Å². The minimum Gasteiger partial charge on any atom is -0.489 e. The molecular formula is C13H20N2O2. The summed E-state index contributed by atoms with van der Waals surface area (Å²) < 4.78 is 11.5. The quantitative estimate of drug-likeness (QED) is 0.842. The van der Waals surface area contributed by atoms with Gasteiger partial charge in [0, 0.05) is 12.2 Å². The summed E-state index contributed by atoms with van der Waals surface area (Å²) >= 11 is 0. The van der Waals surface area contributed by atoms with Crippen molar-refractivity contribution in [2.75, 3.05) is 20.2 Å². The molecule has 1 aliphatic rings. The average molecular weight is 236 g/mol. The van der Waals surface area contributed by atoms with Gasteiger partial charge in [0.1, 0.15) is 12.4 Å². The Labute approximate surface area is 102 Å². The van der Waals surface area contributed by atoms with E-state index in [0.717, 1.165) is 30.8 Å². The van der Waals surface area contributed by atoms with Crippen LogP contribution in [0.2, 0.25) is 0 Å². The number of hydrogen-bond acceptors (Lipinski definition) is 4. The van der Waals surface area contributed by atoms with Crippen molar-refractivity contribution in [1.82, 2.24) is 10.3 Å². The van der Waals surface area contributed by atoms with E-state index in [2.05, 4.69) is 10.3 Å². The van der Waals surface area contributed by atoms with Crippen LogP contribution in [0.15, 0.2) is 18.3 Å². The van der Waals surface area contributed by atoms with E-state index in [1.807, 2.05) is 26.1 Å². The first-order chi connectivity index (χ1) is 8.28. The van der Waals surface area contributed by atoms with Gasteiger partial charge in [-0.1, -0.05) is 0 Å². The topological polar surface area (TPSA) is 43.4 Å². The molecular weight excluding hydrogens is 216 g/mol. The fraction of sp³-hybridized carbons (Fsp3) is 0.615. The molecule has 0 radical (unpaired) electrons. The summed E-state index contributed by atoms with van der Waals surface area (Å²) in [7, 11) is 1.95. The molecule has 0 aromatic carbocycles. The lowest BCUT2D eigenvalue weighted by atomic mass is 10.2. The van der Waals surface area contributed by atoms with Crippen molar-refractivity contribution in [3.8, 4) is 5.75 Å². The van der Waals surface area contributed by atoms with E-state index in [1.54, 1.807) is 6.20 Å². The van der Waals surface area contributed by atoms with Crippen LogP contribution in [-0.2, 0) is 4.74 Å². The summed E-state index contributed by atoms with van der Waals surface area (Å²) in [4.78, 5) is 4.19. The van der Waals surface area contributed by atoms with Crippen LogP contribution >= 0.6 is 0 Å². The Hall–Kier alpha value is -1.13. The Balaban J connectivity index is 1.74. The zero-order valence-electron chi connectivity index (χ0n) is 10.5. The van der Waals surface area contributed by atoms with E-state index in [1.165, 1.54) is 0 Å². The van der Waals surface area contributed by atoms with Crippen molar-refractivity contribution >= 4 is 0 Å². The van der Waals surface area contributed by atoms with Crippen LogP contribution in [0.5, 0.6) is 5.75 Å². The maximum atomic E-state index is 5.84. The van der Waals surface area contributed by atoms with Crippen LogP contribution in [0.4, 0.5) is 0 Å². The monoisotopic (exact) mass is 236 g/mol. The normalized spacial score (nSPS) is 23.9. The second-order valence-corrected chi connectivity index (χ2v) is 4.46. The molecule has 2 rings (SSSR count). The summed E-state index contributed by atoms with van der Waals surface area (Å²) in [6.07, 6.45) is 4.50. The molecule has 1 N–H and O–H groups in total. The van der Waals surface area contributed by atoms with Gasteiger partial charge in [-0.15, -0.1) is 0 Å². The van der Waals surface area contributed by atoms with E-state index >= 15 is 0 Å². The molecule has 0 spiro atoms. The zero-order chi connectivity index (χ0) is 12.1. The molecule has 2 unspecified atom stereocenters. The van der Waals surface area contributed by atoms with Crippen molar-refractivity contribution in [2.45, 2.75) is 32.0 Å². The Morgan fingerprint density at radius 2 is 2.24 bits per heavy atom. The van der Waals surface area contributed by atoms with Crippen molar-refractivity contribution in [3.63, 3.8) is 0 Å². The van der Waals surface area contributed by atoms with Gasteiger partial charge in [-0.25, -0.2) is 0 Å². The van der Waals surface area contributed by atoms with E-state index < -0.39 is 0 Å². The molecule has 4 nitrogen and oxygen atoms in total. The highest BCUT2D eigenvalue weighted by atomic mass is 16.5. The van der Waals surface area contributed by atoms with Gasteiger partial charge in [-0.2, -0.15) is 0 Å². The maximum Gasteiger partial charge on any atom is 0.137 e. The molecule has 1 aliphatic heterocycles. The number of aromatic nitrogens is 1. The van der Waals surface area contributed by atoms with E-state index in [9.17, 15) is 0 Å². The second kappa shape index (κ2) is 5.98. The van der Waals surface area contributed by atoms with Gasteiger partial charge < -0.3 is 14.8 Å². The lowest BCUT2D eigenvalue weighted by Crippen LogP contribution is -2.25. The van der Waals surface area contributed by atoms with Crippen molar-refractivity contribution in [3.05, 3.63) is 24.0 Å². The predicted molar refractivity (Wildman–Crippen MR) is 66.3 cm³/mol. The van der Waals surface area contributed by atoms with Gasteiger partial charge in [0.25, 0.3) is 0 Å². The third-order valence-corrected chi connectivity index (χ3v) is 2.95. The van der Waals surface area contributed by atoms with Crippen LogP contribution in [0, 0.1) is 6.92 Å². The molecule has 94 valence electrons. The van der Waals surface area contributed by atoms with Crippen molar-refractivity contribution < 1.29 is 9.47 Å². The standard InChI is InChI=1S/C13H20N2O2/c1-10-3-4-11(8-15-10)16-9-13-6-5-12(17-13)7-14-2/h3-4,8,12-14H,5-7,9H2,1-2H3. The summed E-state index contributed by atoms with van der Waals surface area (Å²) in [6, 6.07) is 3.90. The SMILES string of the molecule is CNCC1CCC(COc2ccc(C)nc2)O1. The first-order valence-corrected chi connectivity index (χ1v) is 6.13. The van der Waals surface area contributed by atoms with Gasteiger partial charge >= 0.3 is 0 Å². The van der Waals surface area contributed by atoms with Crippen molar-refractivity contribution in [1.29, 1.82) is 0 Å². The molecule has 4 heteroatoms. The molecule has 1 aromatic rings. The average Bonchev–Trinajstić information content (AvgIpc) is 2.77. The molecule has 0 aliphatic carbocycles. The Morgan fingerprint density at radius 1 is 1.41 bits per heavy atom. The molecule has 0 amide bonds. The molecule has 1 saturated heterocycles. The predicted octanol–water partition coefficient (Wildman–Crippen LogP) is 1.54. The molecule has 1 aromatic heterocycles. The van der Waals surface area contributed by atoms with E-state index in [4.69, 9.17) is 9.47 Å². The minimum absolute atomic E-state index is 0.217. The lowest BCUT2D eigenvalue weighted by Gasteiger charge is -2.14. The number of aryl methyl sites for hydroxylation is 1. The molecule has 0 bridgehead atoms. The highest BCUT2D eigenvalue weighted by Gasteiger charge is 2.24. The Kier molecular flexibility index (Phi) is 4.34. The van der Waals surface area contributed by atoms with Gasteiger partial charge in [-0.05, 0) is 38.9 Å². The summed E-state index contributed by atoms with van der Waals surface area (Å²) in [5, 5.41) is 3.13. The number of nitrogens with one attached hydrogen (secondary N) is 1. The van der Waals surface area contributed by atoms with Gasteiger partial charge in [0.05, 0.1) is 18.4 Å². The Morgan fingerprint density at radius 3 is 2.94 bits per heavy atom. The van der Waals surface area contributed by atoms with Crippen LogP contribution in [0.1, 0.15) is 18.5 Å². The van der Waals surface area contributed by atoms with E-state index in [-0.39, 0.29) is 6.10 Å². The van der Waals surface area contributed by atoms with Gasteiger partial charge in [0.2, 0.25) is 0 Å². The smallest absolute Gasteiger partial charge is 0.137 e. The van der Waals surface area contributed by atoms with Crippen LogP contribution in [0.25, 0.3) is 0 Å². The number of ether oxygens (including phenoxy) is 2. The number of rotatable bonds is 5.